The number of aliphatic hydroxyl groups is 1. The molecule has 1 fully saturated rings. The molecule has 0 spiro atoms. The van der Waals surface area contributed by atoms with E-state index in [1.165, 1.54) is 0 Å². The summed E-state index contributed by atoms with van der Waals surface area (Å²) < 4.78 is 10.8. The molecule has 1 aliphatic rings. The molecule has 1 aromatic heterocycles. The molecule has 2 rings (SSSR count). The first-order valence-corrected chi connectivity index (χ1v) is 10.7. The lowest BCUT2D eigenvalue weighted by Gasteiger charge is -2.27. The van der Waals surface area contributed by atoms with Crippen molar-refractivity contribution in [1.82, 2.24) is 15.5 Å². The number of guanidine groups is 1. The average Bonchev–Trinajstić information content (AvgIpc) is 3.20. The van der Waals surface area contributed by atoms with E-state index in [9.17, 15) is 5.11 Å². The van der Waals surface area contributed by atoms with Gasteiger partial charge in [0, 0.05) is 39.1 Å². The second kappa shape index (κ2) is 15.0. The Morgan fingerprint density at radius 3 is 2.48 bits per heavy atom. The van der Waals surface area contributed by atoms with Crippen LogP contribution in [0.1, 0.15) is 45.3 Å². The number of nitrogens with one attached hydrogen (secondary N) is 2. The van der Waals surface area contributed by atoms with E-state index in [1.54, 1.807) is 6.26 Å². The fraction of sp³-hybridized carbons (Fsp3) is 0.762. The second-order valence-corrected chi connectivity index (χ2v) is 7.53. The summed E-state index contributed by atoms with van der Waals surface area (Å²) in [5, 5.41) is 17.7. The van der Waals surface area contributed by atoms with Gasteiger partial charge in [0.15, 0.2) is 5.96 Å². The third-order valence-electron chi connectivity index (χ3n) is 5.03. The van der Waals surface area contributed by atoms with Gasteiger partial charge in [-0.1, -0.05) is 26.7 Å². The molecule has 0 amide bonds. The highest BCUT2D eigenvalue weighted by atomic mass is 127. The summed E-state index contributed by atoms with van der Waals surface area (Å²) in [6.07, 6.45) is 5.96. The van der Waals surface area contributed by atoms with Crippen LogP contribution in [0.15, 0.2) is 27.8 Å². The molecule has 0 bridgehead atoms. The van der Waals surface area contributed by atoms with Gasteiger partial charge in [0.05, 0.1) is 31.6 Å². The largest absolute Gasteiger partial charge is 0.469 e. The minimum absolute atomic E-state index is 0. The maximum atomic E-state index is 10.9. The number of hydrogen-bond donors (Lipinski definition) is 3. The highest BCUT2D eigenvalue weighted by Gasteiger charge is 2.24. The van der Waals surface area contributed by atoms with Gasteiger partial charge < -0.3 is 24.9 Å². The Bertz CT molecular complexity index is 542. The fourth-order valence-electron chi connectivity index (χ4n) is 3.53. The maximum absolute atomic E-state index is 10.9. The van der Waals surface area contributed by atoms with Crippen LogP contribution in [0.2, 0.25) is 0 Å². The number of halogens is 1. The number of hydrogen-bond acceptors (Lipinski definition) is 5. The molecular formula is C21H39IN4O3. The highest BCUT2D eigenvalue weighted by molar-refractivity contribution is 14.0. The van der Waals surface area contributed by atoms with Crippen LogP contribution in [-0.4, -0.2) is 74.0 Å². The molecule has 3 N–H and O–H groups in total. The third kappa shape index (κ3) is 10.7. The molecule has 1 aliphatic heterocycles. The van der Waals surface area contributed by atoms with Gasteiger partial charge >= 0.3 is 0 Å². The van der Waals surface area contributed by atoms with Gasteiger partial charge in [-0.3, -0.25) is 9.89 Å². The summed E-state index contributed by atoms with van der Waals surface area (Å²) in [5.41, 5.74) is -0.719. The van der Waals surface area contributed by atoms with Crippen molar-refractivity contribution in [3.05, 3.63) is 24.2 Å². The van der Waals surface area contributed by atoms with E-state index in [-0.39, 0.29) is 24.0 Å². The van der Waals surface area contributed by atoms with Crippen molar-refractivity contribution in [1.29, 1.82) is 0 Å². The van der Waals surface area contributed by atoms with Crippen LogP contribution in [0, 0.1) is 0 Å². The van der Waals surface area contributed by atoms with Crippen LogP contribution in [0.4, 0.5) is 0 Å². The predicted octanol–water partition coefficient (Wildman–Crippen LogP) is 2.64. The number of furan rings is 1. The zero-order chi connectivity index (χ0) is 20.1. The monoisotopic (exact) mass is 522 g/mol. The van der Waals surface area contributed by atoms with Gasteiger partial charge in [0.25, 0.3) is 0 Å². The van der Waals surface area contributed by atoms with E-state index in [4.69, 9.17) is 14.1 Å². The van der Waals surface area contributed by atoms with Crippen LogP contribution < -0.4 is 10.6 Å². The number of morpholine rings is 1. The Morgan fingerprint density at radius 2 is 1.86 bits per heavy atom. The fourth-order valence-corrected chi connectivity index (χ4v) is 3.53. The SMILES string of the molecule is CCCC(O)(CCC)CN=C(NCCc1ccco1)NCCN1CCOCC1.I. The molecule has 7 nitrogen and oxygen atoms in total. The smallest absolute Gasteiger partial charge is 0.191 e. The van der Waals surface area contributed by atoms with Crippen molar-refractivity contribution in [2.45, 2.75) is 51.6 Å². The first kappa shape index (κ1) is 26.2. The van der Waals surface area contributed by atoms with Crippen molar-refractivity contribution in [2.24, 2.45) is 4.99 Å². The molecule has 1 saturated heterocycles. The summed E-state index contributed by atoms with van der Waals surface area (Å²) >= 11 is 0. The summed E-state index contributed by atoms with van der Waals surface area (Å²) in [5.74, 6) is 1.71. The van der Waals surface area contributed by atoms with Crippen molar-refractivity contribution in [3.8, 4) is 0 Å². The van der Waals surface area contributed by atoms with Gasteiger partial charge in [-0.25, -0.2) is 0 Å². The number of ether oxygens (including phenoxy) is 1. The molecule has 0 aliphatic carbocycles. The summed E-state index contributed by atoms with van der Waals surface area (Å²) in [7, 11) is 0. The van der Waals surface area contributed by atoms with E-state index in [1.807, 2.05) is 12.1 Å². The van der Waals surface area contributed by atoms with Crippen molar-refractivity contribution >= 4 is 29.9 Å². The van der Waals surface area contributed by atoms with Crippen molar-refractivity contribution in [2.75, 3.05) is 52.5 Å². The molecule has 0 aromatic carbocycles. The Hall–Kier alpha value is -0.840. The lowest BCUT2D eigenvalue weighted by molar-refractivity contribution is 0.0305. The quantitative estimate of drug-likeness (QED) is 0.223. The molecular weight excluding hydrogens is 483 g/mol. The summed E-state index contributed by atoms with van der Waals surface area (Å²) in [6, 6.07) is 3.88. The Balaban J connectivity index is 0.00000420. The Labute approximate surface area is 192 Å². The number of rotatable bonds is 12. The lowest BCUT2D eigenvalue weighted by atomic mass is 9.93. The first-order valence-electron chi connectivity index (χ1n) is 10.7. The molecule has 2 heterocycles. The molecule has 1 aromatic rings. The normalized spacial score (nSPS) is 15.8. The van der Waals surface area contributed by atoms with Crippen molar-refractivity contribution < 1.29 is 14.3 Å². The zero-order valence-electron chi connectivity index (χ0n) is 18.0. The molecule has 0 saturated carbocycles. The van der Waals surface area contributed by atoms with E-state index in [0.29, 0.717) is 6.54 Å². The van der Waals surface area contributed by atoms with E-state index < -0.39 is 5.60 Å². The summed E-state index contributed by atoms with van der Waals surface area (Å²) in [4.78, 5) is 7.10. The predicted molar refractivity (Wildman–Crippen MR) is 128 cm³/mol. The molecule has 0 unspecified atom stereocenters. The van der Waals surface area contributed by atoms with Crippen LogP contribution in [-0.2, 0) is 11.2 Å². The van der Waals surface area contributed by atoms with E-state index in [2.05, 4.69) is 29.4 Å². The third-order valence-corrected chi connectivity index (χ3v) is 5.03. The van der Waals surface area contributed by atoms with Crippen LogP contribution in [0.3, 0.4) is 0 Å². The lowest BCUT2D eigenvalue weighted by Crippen LogP contribution is -2.45. The minimum Gasteiger partial charge on any atom is -0.469 e. The van der Waals surface area contributed by atoms with Crippen LogP contribution >= 0.6 is 24.0 Å². The van der Waals surface area contributed by atoms with Crippen LogP contribution in [0.25, 0.3) is 0 Å². The van der Waals surface area contributed by atoms with Gasteiger partial charge in [0.1, 0.15) is 5.76 Å². The second-order valence-electron chi connectivity index (χ2n) is 7.53. The number of aliphatic imine (C=N–C) groups is 1. The molecule has 29 heavy (non-hydrogen) atoms. The molecule has 168 valence electrons. The van der Waals surface area contributed by atoms with Gasteiger partial charge in [-0.15, -0.1) is 24.0 Å². The maximum Gasteiger partial charge on any atom is 0.191 e. The van der Waals surface area contributed by atoms with Gasteiger partial charge in [0.2, 0.25) is 0 Å². The molecule has 0 atom stereocenters. The first-order chi connectivity index (χ1) is 13.6. The topological polar surface area (TPSA) is 82.3 Å². The van der Waals surface area contributed by atoms with Crippen LogP contribution in [0.5, 0.6) is 0 Å². The standard InChI is InChI=1S/C21H38N4O3.HI/c1-3-8-21(26,9-4-2)18-24-20(22-10-7-19-6-5-15-28-19)23-11-12-25-13-16-27-17-14-25;/h5-6,15,26H,3-4,7-14,16-18H2,1-2H3,(H2,22,23,24);1H. The molecule has 8 heteroatoms. The Morgan fingerprint density at radius 1 is 1.17 bits per heavy atom. The number of nitrogens with zero attached hydrogens (tertiary/aromatic N) is 2. The summed E-state index contributed by atoms with van der Waals surface area (Å²) in [6.45, 7) is 10.7. The van der Waals surface area contributed by atoms with E-state index in [0.717, 1.165) is 89.8 Å². The van der Waals surface area contributed by atoms with Gasteiger partial charge in [-0.05, 0) is 25.0 Å². The van der Waals surface area contributed by atoms with Crippen molar-refractivity contribution in [3.63, 3.8) is 0 Å². The van der Waals surface area contributed by atoms with Gasteiger partial charge in [-0.2, -0.15) is 0 Å². The minimum atomic E-state index is -0.719. The average molecular weight is 522 g/mol. The zero-order valence-corrected chi connectivity index (χ0v) is 20.3. The molecule has 0 radical (unpaired) electrons. The highest BCUT2D eigenvalue weighted by Crippen LogP contribution is 2.19. The Kier molecular flexibility index (Phi) is 13.6. The van der Waals surface area contributed by atoms with E-state index >= 15 is 0 Å².